The maximum absolute atomic E-state index is 13.2. The van der Waals surface area contributed by atoms with E-state index in [1.54, 1.807) is 0 Å². The van der Waals surface area contributed by atoms with Crippen LogP contribution in [0.4, 0.5) is 0 Å². The molecule has 0 saturated carbocycles. The van der Waals surface area contributed by atoms with Crippen molar-refractivity contribution in [1.29, 1.82) is 0 Å². The monoisotopic (exact) mass is 382 g/mol. The van der Waals surface area contributed by atoms with Crippen LogP contribution in [0.1, 0.15) is 52.0 Å². The van der Waals surface area contributed by atoms with E-state index in [1.807, 2.05) is 26.8 Å². The van der Waals surface area contributed by atoms with Crippen molar-refractivity contribution in [2.45, 2.75) is 64.0 Å². The molecule has 0 aromatic heterocycles. The Kier molecular flexibility index (Phi) is 6.61. The van der Waals surface area contributed by atoms with Gasteiger partial charge < -0.3 is 10.1 Å². The number of esters is 1. The number of allylic oxidation sites excluding steroid dienone is 1. The van der Waals surface area contributed by atoms with Crippen LogP contribution in [0.2, 0.25) is 0 Å². The normalized spacial score (nSPS) is 23.2. The van der Waals surface area contributed by atoms with Gasteiger partial charge in [0.25, 0.3) is 0 Å². The Hall–Kier alpha value is -2.07. The summed E-state index contributed by atoms with van der Waals surface area (Å²) in [7, 11) is 0. The van der Waals surface area contributed by atoms with Crippen LogP contribution in [0.25, 0.3) is 0 Å². The van der Waals surface area contributed by atoms with Crippen LogP contribution >= 0.6 is 0 Å². The highest BCUT2D eigenvalue weighted by atomic mass is 16.6. The molecule has 0 amide bonds. The first-order valence-corrected chi connectivity index (χ1v) is 10.5. The number of nitrogens with zero attached hydrogens (tertiary/aromatic N) is 1. The summed E-state index contributed by atoms with van der Waals surface area (Å²) < 4.78 is 5.83. The highest BCUT2D eigenvalue weighted by molar-refractivity contribution is 5.84. The van der Waals surface area contributed by atoms with E-state index < -0.39 is 11.1 Å². The molecule has 4 heteroatoms. The highest BCUT2D eigenvalue weighted by Gasteiger charge is 2.45. The third kappa shape index (κ3) is 5.26. The second-order valence-corrected chi connectivity index (χ2v) is 8.83. The summed E-state index contributed by atoms with van der Waals surface area (Å²) in [6.07, 6.45) is 11.5. The van der Waals surface area contributed by atoms with Crippen LogP contribution in [-0.2, 0) is 16.0 Å². The van der Waals surface area contributed by atoms with Crippen molar-refractivity contribution in [1.82, 2.24) is 10.2 Å². The smallest absolute Gasteiger partial charge is 0.331 e. The van der Waals surface area contributed by atoms with Gasteiger partial charge in [-0.2, -0.15) is 0 Å². The van der Waals surface area contributed by atoms with E-state index in [9.17, 15) is 4.79 Å². The molecule has 0 radical (unpaired) electrons. The lowest BCUT2D eigenvalue weighted by atomic mass is 9.86. The third-order valence-corrected chi connectivity index (χ3v) is 5.43. The van der Waals surface area contributed by atoms with Crippen molar-refractivity contribution in [3.63, 3.8) is 0 Å². The summed E-state index contributed by atoms with van der Waals surface area (Å²) >= 11 is 0. The Morgan fingerprint density at radius 1 is 1.14 bits per heavy atom. The van der Waals surface area contributed by atoms with Crippen LogP contribution in [0.15, 0.2) is 54.3 Å². The van der Waals surface area contributed by atoms with Gasteiger partial charge in [0.15, 0.2) is 0 Å². The van der Waals surface area contributed by atoms with Crippen LogP contribution in [-0.4, -0.2) is 41.6 Å². The summed E-state index contributed by atoms with van der Waals surface area (Å²) in [5.41, 5.74) is 1.27. The number of ether oxygens (including phenoxy) is 1. The van der Waals surface area contributed by atoms with Gasteiger partial charge in [0.1, 0.15) is 11.1 Å². The predicted molar refractivity (Wildman–Crippen MR) is 114 cm³/mol. The Morgan fingerprint density at radius 2 is 1.86 bits per heavy atom. The average Bonchev–Trinajstić information content (AvgIpc) is 2.69. The molecule has 1 N–H and O–H groups in total. The molecule has 1 atom stereocenters. The Labute approximate surface area is 169 Å². The van der Waals surface area contributed by atoms with Crippen LogP contribution in [0, 0.1) is 0 Å². The molecular formula is C24H34N2O2. The standard InChI is InChI=1S/C24H34N2O2/c1-23(2,3)28-22(27)24(26-18-8-5-9-19-26)15-12-21(13-16-24)25-17-14-20-10-6-4-7-11-20/h4,6-7,10-13,15,25H,5,8-9,14,16-19H2,1-3H3. The van der Waals surface area contributed by atoms with Crippen molar-refractivity contribution in [3.05, 3.63) is 59.8 Å². The second-order valence-electron chi connectivity index (χ2n) is 8.83. The number of nitrogens with one attached hydrogen (secondary N) is 1. The van der Waals surface area contributed by atoms with Gasteiger partial charge in [0.05, 0.1) is 0 Å². The van der Waals surface area contributed by atoms with Gasteiger partial charge in [-0.1, -0.05) is 48.9 Å². The van der Waals surface area contributed by atoms with E-state index in [-0.39, 0.29) is 5.97 Å². The van der Waals surface area contributed by atoms with E-state index in [4.69, 9.17) is 4.74 Å². The van der Waals surface area contributed by atoms with E-state index in [0.29, 0.717) is 6.42 Å². The lowest BCUT2D eigenvalue weighted by Crippen LogP contribution is -2.57. The van der Waals surface area contributed by atoms with Gasteiger partial charge in [-0.15, -0.1) is 0 Å². The molecule has 1 heterocycles. The molecule has 1 aromatic carbocycles. The second kappa shape index (κ2) is 8.95. The molecule has 152 valence electrons. The first-order valence-electron chi connectivity index (χ1n) is 10.5. The molecule has 0 spiro atoms. The topological polar surface area (TPSA) is 41.6 Å². The van der Waals surface area contributed by atoms with E-state index in [2.05, 4.69) is 52.7 Å². The minimum Gasteiger partial charge on any atom is -0.458 e. The first kappa shape index (κ1) is 20.7. The maximum Gasteiger partial charge on any atom is 0.331 e. The molecule has 3 rings (SSSR count). The lowest BCUT2D eigenvalue weighted by Gasteiger charge is -2.43. The summed E-state index contributed by atoms with van der Waals surface area (Å²) in [6.45, 7) is 8.60. The Balaban J connectivity index is 1.65. The largest absolute Gasteiger partial charge is 0.458 e. The van der Waals surface area contributed by atoms with Crippen LogP contribution in [0.5, 0.6) is 0 Å². The molecular weight excluding hydrogens is 348 g/mol. The maximum atomic E-state index is 13.2. The number of rotatable bonds is 6. The number of hydrogen-bond acceptors (Lipinski definition) is 4. The Bertz CT molecular complexity index is 712. The summed E-state index contributed by atoms with van der Waals surface area (Å²) in [5.74, 6) is -0.127. The van der Waals surface area contributed by atoms with Gasteiger partial charge in [0.2, 0.25) is 0 Å². The summed E-state index contributed by atoms with van der Waals surface area (Å²) in [6, 6.07) is 10.5. The van der Waals surface area contributed by atoms with Gasteiger partial charge in [-0.3, -0.25) is 4.90 Å². The number of piperidine rings is 1. The molecule has 0 bridgehead atoms. The van der Waals surface area contributed by atoms with Crippen molar-refractivity contribution in [3.8, 4) is 0 Å². The zero-order chi connectivity index (χ0) is 20.0. The highest BCUT2D eigenvalue weighted by Crippen LogP contribution is 2.32. The molecule has 1 aliphatic carbocycles. The van der Waals surface area contributed by atoms with Crippen LogP contribution in [0.3, 0.4) is 0 Å². The van der Waals surface area contributed by atoms with Crippen molar-refractivity contribution < 1.29 is 9.53 Å². The minimum absolute atomic E-state index is 0.127. The first-order chi connectivity index (χ1) is 13.4. The SMILES string of the molecule is CC(C)(C)OC(=O)C1(N2CCCCC2)C=CC(NCCc2ccccc2)=CC1. The molecule has 2 aliphatic rings. The zero-order valence-corrected chi connectivity index (χ0v) is 17.5. The quantitative estimate of drug-likeness (QED) is 0.748. The Morgan fingerprint density at radius 3 is 2.46 bits per heavy atom. The fourth-order valence-corrected chi connectivity index (χ4v) is 3.93. The zero-order valence-electron chi connectivity index (χ0n) is 17.5. The van der Waals surface area contributed by atoms with Gasteiger partial charge in [0, 0.05) is 18.7 Å². The van der Waals surface area contributed by atoms with E-state index >= 15 is 0 Å². The molecule has 1 aromatic rings. The number of hydrogen-bond donors (Lipinski definition) is 1. The van der Waals surface area contributed by atoms with Crippen LogP contribution < -0.4 is 5.32 Å². The van der Waals surface area contributed by atoms with Gasteiger partial charge >= 0.3 is 5.97 Å². The number of likely N-dealkylation sites (tertiary alicyclic amines) is 1. The third-order valence-electron chi connectivity index (χ3n) is 5.43. The summed E-state index contributed by atoms with van der Waals surface area (Å²) in [4.78, 5) is 15.5. The number of carbonyl (C=O) groups excluding carboxylic acids is 1. The molecule has 1 unspecified atom stereocenters. The molecule has 1 fully saturated rings. The lowest BCUT2D eigenvalue weighted by molar-refractivity contribution is -0.167. The summed E-state index contributed by atoms with van der Waals surface area (Å²) in [5, 5.41) is 3.50. The van der Waals surface area contributed by atoms with Gasteiger partial charge in [-0.05, 0) is 64.8 Å². The molecule has 4 nitrogen and oxygen atoms in total. The predicted octanol–water partition coefficient (Wildman–Crippen LogP) is 4.23. The minimum atomic E-state index is -0.668. The molecule has 1 saturated heterocycles. The van der Waals surface area contributed by atoms with Crippen molar-refractivity contribution >= 4 is 5.97 Å². The van der Waals surface area contributed by atoms with E-state index in [1.165, 1.54) is 12.0 Å². The van der Waals surface area contributed by atoms with Gasteiger partial charge in [-0.25, -0.2) is 4.79 Å². The fraction of sp³-hybridized carbons (Fsp3) is 0.542. The number of benzene rings is 1. The van der Waals surface area contributed by atoms with Crippen molar-refractivity contribution in [2.24, 2.45) is 0 Å². The average molecular weight is 383 g/mol. The van der Waals surface area contributed by atoms with E-state index in [0.717, 1.165) is 44.6 Å². The number of carbonyl (C=O) groups is 1. The van der Waals surface area contributed by atoms with Crippen molar-refractivity contribution in [2.75, 3.05) is 19.6 Å². The molecule has 1 aliphatic heterocycles. The fourth-order valence-electron chi connectivity index (χ4n) is 3.93. The molecule has 28 heavy (non-hydrogen) atoms.